The number of rotatable bonds is 9. The summed E-state index contributed by atoms with van der Waals surface area (Å²) >= 11 is 1.88. The Hall–Kier alpha value is -4.51. The van der Waals surface area contributed by atoms with Crippen LogP contribution in [0.4, 0.5) is 0 Å². The maximum atomic E-state index is 4.88. The molecule has 0 unspecified atom stereocenters. The third kappa shape index (κ3) is 9.21. The van der Waals surface area contributed by atoms with E-state index in [1.54, 1.807) is 0 Å². The SMILES string of the molecule is CC(C)(c1ccnc(-c2[c-]ccc3c2sc2c(-c4ccccc4-c4ccccc4)cccc23)c1)C1CCCC1.CC(C)Cc1cc(-c2[c-]cccc2)ncc1[Si](C)(C)C.[Ir]. The molecule has 0 atom stereocenters. The molecule has 1 aliphatic rings. The first-order valence-corrected chi connectivity index (χ1v) is 25.7. The van der Waals surface area contributed by atoms with Crippen LogP contribution in [0.3, 0.4) is 0 Å². The average Bonchev–Trinajstić information content (AvgIpc) is 3.94. The zero-order valence-electron chi connectivity index (χ0n) is 36.1. The van der Waals surface area contributed by atoms with Gasteiger partial charge in [-0.3, -0.25) is 0 Å². The van der Waals surface area contributed by atoms with Crippen LogP contribution in [0, 0.1) is 24.0 Å². The van der Waals surface area contributed by atoms with Crippen LogP contribution in [0.15, 0.2) is 140 Å². The normalized spacial score (nSPS) is 13.3. The second-order valence-electron chi connectivity index (χ2n) is 18.3. The quantitative estimate of drug-likeness (QED) is 0.106. The first-order chi connectivity index (χ1) is 28.5. The van der Waals surface area contributed by atoms with Crippen molar-refractivity contribution in [2.75, 3.05) is 0 Å². The molecule has 1 aliphatic carbocycles. The number of aromatic nitrogens is 2. The molecule has 1 saturated carbocycles. The minimum absolute atomic E-state index is 0. The van der Waals surface area contributed by atoms with Gasteiger partial charge in [0.05, 0.1) is 8.07 Å². The predicted octanol–water partition coefficient (Wildman–Crippen LogP) is 15.0. The maximum absolute atomic E-state index is 4.88. The van der Waals surface area contributed by atoms with E-state index in [4.69, 9.17) is 4.98 Å². The largest absolute Gasteiger partial charge is 0.305 e. The van der Waals surface area contributed by atoms with E-state index in [1.165, 1.54) is 84.4 Å². The van der Waals surface area contributed by atoms with Crippen LogP contribution in [0.1, 0.15) is 64.5 Å². The summed E-state index contributed by atoms with van der Waals surface area (Å²) in [4.78, 5) is 9.57. The Kier molecular flexibility index (Phi) is 13.5. The van der Waals surface area contributed by atoms with Gasteiger partial charge in [0.1, 0.15) is 0 Å². The Morgan fingerprint density at radius 1 is 0.700 bits per heavy atom. The number of hydrogen-bond acceptors (Lipinski definition) is 3. The smallest absolute Gasteiger partial charge is 0.0798 e. The number of nitrogens with zero attached hydrogens (tertiary/aromatic N) is 2. The van der Waals surface area contributed by atoms with Crippen LogP contribution in [0.2, 0.25) is 19.6 Å². The monoisotopic (exact) mass is 997 g/mol. The first kappa shape index (κ1) is 43.6. The Labute approximate surface area is 376 Å². The minimum atomic E-state index is -1.34. The molecule has 0 aliphatic heterocycles. The Morgan fingerprint density at radius 2 is 1.40 bits per heavy atom. The van der Waals surface area contributed by atoms with Gasteiger partial charge in [-0.05, 0) is 97.1 Å². The summed E-state index contributed by atoms with van der Waals surface area (Å²) in [6.45, 7) is 16.6. The van der Waals surface area contributed by atoms with Crippen LogP contribution in [0.25, 0.3) is 64.9 Å². The zero-order chi connectivity index (χ0) is 41.1. The van der Waals surface area contributed by atoms with Crippen LogP contribution < -0.4 is 5.19 Å². The number of benzene rings is 5. The zero-order valence-corrected chi connectivity index (χ0v) is 40.3. The van der Waals surface area contributed by atoms with Crippen molar-refractivity contribution in [1.82, 2.24) is 9.97 Å². The van der Waals surface area contributed by atoms with Crippen molar-refractivity contribution in [3.8, 4) is 44.8 Å². The third-order valence-corrected chi connectivity index (χ3v) is 15.6. The van der Waals surface area contributed by atoms with Crippen molar-refractivity contribution in [2.24, 2.45) is 11.8 Å². The molecule has 9 rings (SSSR count). The molecule has 0 amide bonds. The number of pyridine rings is 2. The summed E-state index contributed by atoms with van der Waals surface area (Å²) < 4.78 is 2.58. The molecule has 2 nitrogen and oxygen atoms in total. The van der Waals surface area contributed by atoms with Crippen molar-refractivity contribution in [1.29, 1.82) is 0 Å². The summed E-state index contributed by atoms with van der Waals surface area (Å²) in [6.07, 6.45) is 10.6. The van der Waals surface area contributed by atoms with E-state index in [0.29, 0.717) is 5.92 Å². The maximum Gasteiger partial charge on any atom is 0.0798 e. The number of thiophene rings is 1. The van der Waals surface area contributed by atoms with Gasteiger partial charge in [-0.15, -0.1) is 59.7 Å². The van der Waals surface area contributed by atoms with Gasteiger partial charge in [-0.25, -0.2) is 0 Å². The fraction of sp³-hybridized carbons (Fsp3) is 0.273. The van der Waals surface area contributed by atoms with Crippen molar-refractivity contribution in [2.45, 2.75) is 84.9 Å². The molecule has 3 heterocycles. The fourth-order valence-corrected chi connectivity index (χ4v) is 12.0. The molecule has 8 aromatic rings. The predicted molar refractivity (Wildman–Crippen MR) is 257 cm³/mol. The molecule has 3 aromatic heterocycles. The van der Waals surface area contributed by atoms with Gasteiger partial charge in [-0.1, -0.05) is 156 Å². The molecule has 0 saturated heterocycles. The van der Waals surface area contributed by atoms with Gasteiger partial charge in [-0.2, -0.15) is 11.3 Å². The summed E-state index contributed by atoms with van der Waals surface area (Å²) in [5.41, 5.74) is 12.3. The van der Waals surface area contributed by atoms with E-state index in [-0.39, 0.29) is 25.5 Å². The summed E-state index contributed by atoms with van der Waals surface area (Å²) in [5, 5.41) is 4.07. The number of fused-ring (bicyclic) bond motifs is 3. The Balaban J connectivity index is 0.000000220. The molecule has 1 radical (unpaired) electrons. The molecule has 5 aromatic carbocycles. The summed E-state index contributed by atoms with van der Waals surface area (Å²) in [6, 6.07) is 52.3. The van der Waals surface area contributed by atoms with Crippen LogP contribution in [0.5, 0.6) is 0 Å². The van der Waals surface area contributed by atoms with Gasteiger partial charge in [0, 0.05) is 37.2 Å². The topological polar surface area (TPSA) is 25.8 Å². The molecule has 307 valence electrons. The number of hydrogen-bond donors (Lipinski definition) is 0. The fourth-order valence-electron chi connectivity index (χ4n) is 9.09. The standard InChI is InChI=1S/C37H32NS.C18H24NSi.Ir/c1-37(2,26-14-6-7-15-26)27-22-23-38-34(24-27)33-21-11-20-32-31-19-10-18-30(35(31)39-36(32)33)29-17-9-8-16-28(29)25-12-4-3-5-13-25;1-14(2)11-16-12-17(15-9-7-6-8-10-15)19-13-18(16)20(3,4)5;/h3-5,8-13,16-20,22-24,26H,6-7,14-15H2,1-2H3;6-9,12-14H,11H2,1-5H3;/q2*-1;. The van der Waals surface area contributed by atoms with Crippen molar-refractivity contribution < 1.29 is 20.1 Å². The minimum Gasteiger partial charge on any atom is -0.305 e. The molecular weight excluding hydrogens is 941 g/mol. The molecule has 60 heavy (non-hydrogen) atoms. The second-order valence-corrected chi connectivity index (χ2v) is 24.3. The third-order valence-electron chi connectivity index (χ3n) is 12.3. The van der Waals surface area contributed by atoms with Crippen molar-refractivity contribution in [3.05, 3.63) is 163 Å². The van der Waals surface area contributed by atoms with Crippen molar-refractivity contribution in [3.63, 3.8) is 0 Å². The Bertz CT molecular complexity index is 2690. The first-order valence-electron chi connectivity index (χ1n) is 21.4. The van der Waals surface area contributed by atoms with E-state index in [9.17, 15) is 0 Å². The summed E-state index contributed by atoms with van der Waals surface area (Å²) in [5.74, 6) is 1.41. The molecule has 1 fully saturated rings. The van der Waals surface area contributed by atoms with E-state index >= 15 is 0 Å². The van der Waals surface area contributed by atoms with Gasteiger partial charge >= 0.3 is 0 Å². The van der Waals surface area contributed by atoms with E-state index in [2.05, 4.69) is 180 Å². The van der Waals surface area contributed by atoms with E-state index in [1.807, 2.05) is 35.7 Å². The van der Waals surface area contributed by atoms with Gasteiger partial charge in [0.15, 0.2) is 0 Å². The van der Waals surface area contributed by atoms with Crippen LogP contribution in [-0.4, -0.2) is 18.0 Å². The summed E-state index contributed by atoms with van der Waals surface area (Å²) in [7, 11) is -1.34. The molecule has 0 bridgehead atoms. The molecule has 0 N–H and O–H groups in total. The van der Waals surface area contributed by atoms with Gasteiger partial charge in [0.2, 0.25) is 0 Å². The van der Waals surface area contributed by atoms with Gasteiger partial charge < -0.3 is 9.97 Å². The van der Waals surface area contributed by atoms with Crippen LogP contribution >= 0.6 is 11.3 Å². The van der Waals surface area contributed by atoms with E-state index in [0.717, 1.165) is 34.9 Å². The Morgan fingerprint density at radius 3 is 2.12 bits per heavy atom. The van der Waals surface area contributed by atoms with Crippen molar-refractivity contribution >= 4 is 44.8 Å². The van der Waals surface area contributed by atoms with E-state index < -0.39 is 8.07 Å². The molecule has 5 heteroatoms. The molecular formula is C55H56IrN2SSi-2. The average molecular weight is 997 g/mol. The second kappa shape index (κ2) is 18.6. The van der Waals surface area contributed by atoms with Crippen LogP contribution in [-0.2, 0) is 31.9 Å². The molecule has 0 spiro atoms. The van der Waals surface area contributed by atoms with Gasteiger partial charge in [0.25, 0.3) is 0 Å².